The minimum absolute atomic E-state index is 0.119. The molecule has 0 atom stereocenters. The first-order valence-electron chi connectivity index (χ1n) is 8.65. The summed E-state index contributed by atoms with van der Waals surface area (Å²) in [5, 5.41) is 21.3. The Morgan fingerprint density at radius 3 is 2.66 bits per heavy atom. The molecule has 0 radical (unpaired) electrons. The van der Waals surface area contributed by atoms with E-state index >= 15 is 0 Å². The fourth-order valence-electron chi connectivity index (χ4n) is 2.39. The van der Waals surface area contributed by atoms with E-state index in [0.717, 1.165) is 0 Å². The number of aliphatic carboxylic acids is 1. The third-order valence-electron chi connectivity index (χ3n) is 3.81. The zero-order chi connectivity index (χ0) is 21.4. The van der Waals surface area contributed by atoms with E-state index in [4.69, 9.17) is 26.2 Å². The molecule has 150 valence electrons. The van der Waals surface area contributed by atoms with Crippen molar-refractivity contribution in [2.75, 3.05) is 18.5 Å². The van der Waals surface area contributed by atoms with E-state index < -0.39 is 18.5 Å². The Morgan fingerprint density at radius 2 is 2.00 bits per heavy atom. The molecule has 0 unspecified atom stereocenters. The van der Waals surface area contributed by atoms with Crippen LogP contribution >= 0.6 is 11.6 Å². The van der Waals surface area contributed by atoms with Crippen LogP contribution in [0.4, 0.5) is 5.69 Å². The van der Waals surface area contributed by atoms with Gasteiger partial charge in [0.2, 0.25) is 0 Å². The number of amides is 1. The number of ether oxygens (including phenoxy) is 2. The van der Waals surface area contributed by atoms with E-state index in [2.05, 4.69) is 5.32 Å². The molecule has 0 bridgehead atoms. The molecule has 0 fully saturated rings. The molecule has 2 N–H and O–H groups in total. The highest BCUT2D eigenvalue weighted by molar-refractivity contribution is 6.31. The van der Waals surface area contributed by atoms with Gasteiger partial charge in [-0.1, -0.05) is 23.7 Å². The normalized spacial score (nSPS) is 10.8. The molecule has 8 heteroatoms. The van der Waals surface area contributed by atoms with E-state index in [9.17, 15) is 14.9 Å². The summed E-state index contributed by atoms with van der Waals surface area (Å²) >= 11 is 6.05. The van der Waals surface area contributed by atoms with Gasteiger partial charge in [0.1, 0.15) is 11.6 Å². The van der Waals surface area contributed by atoms with Crippen LogP contribution < -0.4 is 14.8 Å². The van der Waals surface area contributed by atoms with Crippen LogP contribution in [0.15, 0.2) is 42.0 Å². The molecule has 2 rings (SSSR count). The minimum Gasteiger partial charge on any atom is -0.490 e. The maximum absolute atomic E-state index is 12.5. The molecule has 29 heavy (non-hydrogen) atoms. The molecule has 0 aliphatic carbocycles. The molecule has 7 nitrogen and oxygen atoms in total. The number of carboxylic acids is 1. The Kier molecular flexibility index (Phi) is 7.63. The number of carbonyl (C=O) groups is 2. The maximum atomic E-state index is 12.5. The maximum Gasteiger partial charge on any atom is 0.341 e. The quantitative estimate of drug-likeness (QED) is 0.498. The largest absolute Gasteiger partial charge is 0.490 e. The second kappa shape index (κ2) is 10.2. The molecule has 0 saturated heterocycles. The lowest BCUT2D eigenvalue weighted by Gasteiger charge is -2.12. The van der Waals surface area contributed by atoms with Crippen molar-refractivity contribution in [2.24, 2.45) is 0 Å². The minimum atomic E-state index is -1.11. The number of nitrogens with one attached hydrogen (secondary N) is 1. The van der Waals surface area contributed by atoms with Crippen LogP contribution in [-0.2, 0) is 9.59 Å². The SMILES string of the molecule is CCOc1cc(/C=C(/C#N)C(=O)Nc2cccc(Cl)c2C)ccc1OCC(=O)O. The van der Waals surface area contributed by atoms with Gasteiger partial charge in [-0.3, -0.25) is 4.79 Å². The lowest BCUT2D eigenvalue weighted by atomic mass is 10.1. The molecule has 0 aromatic heterocycles. The summed E-state index contributed by atoms with van der Waals surface area (Å²) in [6.45, 7) is 3.35. The molecule has 0 saturated carbocycles. The second-order valence-electron chi connectivity index (χ2n) is 5.86. The zero-order valence-corrected chi connectivity index (χ0v) is 16.6. The lowest BCUT2D eigenvalue weighted by Crippen LogP contribution is -2.14. The van der Waals surface area contributed by atoms with Crippen LogP contribution in [0.2, 0.25) is 5.02 Å². The van der Waals surface area contributed by atoms with Crippen molar-refractivity contribution >= 4 is 35.2 Å². The Bertz CT molecular complexity index is 995. The fourth-order valence-corrected chi connectivity index (χ4v) is 2.56. The Morgan fingerprint density at radius 1 is 1.24 bits per heavy atom. The van der Waals surface area contributed by atoms with Crippen molar-refractivity contribution in [3.63, 3.8) is 0 Å². The second-order valence-corrected chi connectivity index (χ2v) is 6.27. The molecule has 0 aliphatic heterocycles. The number of hydrogen-bond acceptors (Lipinski definition) is 5. The number of halogens is 1. The van der Waals surface area contributed by atoms with Crippen molar-refractivity contribution in [2.45, 2.75) is 13.8 Å². The number of benzene rings is 2. The molecule has 1 amide bonds. The highest BCUT2D eigenvalue weighted by Crippen LogP contribution is 2.29. The Balaban J connectivity index is 2.28. The first-order valence-corrected chi connectivity index (χ1v) is 9.03. The summed E-state index contributed by atoms with van der Waals surface area (Å²) in [4.78, 5) is 23.2. The zero-order valence-electron chi connectivity index (χ0n) is 15.9. The smallest absolute Gasteiger partial charge is 0.341 e. The van der Waals surface area contributed by atoms with Crippen LogP contribution in [0.5, 0.6) is 11.5 Å². The lowest BCUT2D eigenvalue weighted by molar-refractivity contribution is -0.139. The van der Waals surface area contributed by atoms with Crippen molar-refractivity contribution in [1.29, 1.82) is 5.26 Å². The first kappa shape index (κ1) is 21.8. The molecule has 0 aliphatic rings. The van der Waals surface area contributed by atoms with E-state index in [1.807, 2.05) is 6.07 Å². The van der Waals surface area contributed by atoms with Gasteiger partial charge in [0.15, 0.2) is 18.1 Å². The predicted octanol–water partition coefficient (Wildman–Crippen LogP) is 4.06. The summed E-state index contributed by atoms with van der Waals surface area (Å²) in [7, 11) is 0. The van der Waals surface area contributed by atoms with Gasteiger partial charge in [-0.2, -0.15) is 5.26 Å². The van der Waals surface area contributed by atoms with Gasteiger partial charge in [0, 0.05) is 10.7 Å². The van der Waals surface area contributed by atoms with Gasteiger partial charge < -0.3 is 19.9 Å². The van der Waals surface area contributed by atoms with Gasteiger partial charge >= 0.3 is 5.97 Å². The predicted molar refractivity (Wildman–Crippen MR) is 109 cm³/mol. The number of nitrogens with zero attached hydrogens (tertiary/aromatic N) is 1. The van der Waals surface area contributed by atoms with Gasteiger partial charge in [-0.25, -0.2) is 4.79 Å². The molecule has 0 spiro atoms. The Labute approximate surface area is 173 Å². The fraction of sp³-hybridized carbons (Fsp3) is 0.190. The van der Waals surface area contributed by atoms with Crippen LogP contribution in [-0.4, -0.2) is 30.2 Å². The highest BCUT2D eigenvalue weighted by Gasteiger charge is 2.13. The van der Waals surface area contributed by atoms with Gasteiger partial charge in [-0.05, 0) is 55.3 Å². The third-order valence-corrected chi connectivity index (χ3v) is 4.22. The number of anilines is 1. The first-order chi connectivity index (χ1) is 13.8. The Hall–Kier alpha value is -3.50. The van der Waals surface area contributed by atoms with Gasteiger partial charge in [0.05, 0.1) is 6.61 Å². The topological polar surface area (TPSA) is 109 Å². The molecule has 2 aromatic carbocycles. The molecular formula is C21H19ClN2O5. The van der Waals surface area contributed by atoms with Gasteiger partial charge in [0.25, 0.3) is 5.91 Å². The van der Waals surface area contributed by atoms with Crippen molar-refractivity contribution in [3.05, 3.63) is 58.1 Å². The third kappa shape index (κ3) is 5.99. The van der Waals surface area contributed by atoms with Crippen LogP contribution in [0, 0.1) is 18.3 Å². The standard InChI is InChI=1S/C21H19ClN2O5/c1-3-28-19-10-14(7-8-18(19)29-12-20(25)26)9-15(11-23)21(27)24-17-6-4-5-16(22)13(17)2/h4-10H,3,12H2,1-2H3,(H,24,27)(H,25,26)/b15-9-. The summed E-state index contributed by atoms with van der Waals surface area (Å²) in [6.07, 6.45) is 1.40. The highest BCUT2D eigenvalue weighted by atomic mass is 35.5. The average molecular weight is 415 g/mol. The number of nitriles is 1. The number of rotatable bonds is 8. The monoisotopic (exact) mass is 414 g/mol. The summed E-state index contributed by atoms with van der Waals surface area (Å²) < 4.78 is 10.7. The van der Waals surface area contributed by atoms with E-state index in [1.54, 1.807) is 44.2 Å². The average Bonchev–Trinajstić information content (AvgIpc) is 2.69. The molecular weight excluding hydrogens is 396 g/mol. The van der Waals surface area contributed by atoms with E-state index in [-0.39, 0.29) is 11.3 Å². The van der Waals surface area contributed by atoms with Gasteiger partial charge in [-0.15, -0.1) is 0 Å². The summed E-state index contributed by atoms with van der Waals surface area (Å²) in [5.74, 6) is -1.13. The van der Waals surface area contributed by atoms with Crippen molar-refractivity contribution in [3.8, 4) is 17.6 Å². The van der Waals surface area contributed by atoms with Crippen LogP contribution in [0.3, 0.4) is 0 Å². The van der Waals surface area contributed by atoms with Crippen LogP contribution in [0.25, 0.3) is 6.08 Å². The van der Waals surface area contributed by atoms with E-state index in [0.29, 0.717) is 34.2 Å². The number of carboxylic acid groups (broad SMARTS) is 1. The van der Waals surface area contributed by atoms with Crippen LogP contribution in [0.1, 0.15) is 18.1 Å². The molecule has 0 heterocycles. The van der Waals surface area contributed by atoms with Crippen molar-refractivity contribution < 1.29 is 24.2 Å². The number of hydrogen-bond donors (Lipinski definition) is 2. The summed E-state index contributed by atoms with van der Waals surface area (Å²) in [6, 6.07) is 11.7. The number of carbonyl (C=O) groups excluding carboxylic acids is 1. The molecule has 2 aromatic rings. The van der Waals surface area contributed by atoms with E-state index in [1.165, 1.54) is 12.1 Å². The van der Waals surface area contributed by atoms with Crippen molar-refractivity contribution in [1.82, 2.24) is 0 Å². The summed E-state index contributed by atoms with van der Waals surface area (Å²) in [5.41, 5.74) is 1.60.